The topological polar surface area (TPSA) is 55.1 Å². The predicted molar refractivity (Wildman–Crippen MR) is 74.9 cm³/mol. The van der Waals surface area contributed by atoms with Gasteiger partial charge < -0.3 is 11.1 Å². The molecule has 1 heterocycles. The van der Waals surface area contributed by atoms with Crippen molar-refractivity contribution in [3.63, 3.8) is 0 Å². The van der Waals surface area contributed by atoms with Gasteiger partial charge in [-0.15, -0.1) is 11.3 Å². The lowest BCUT2D eigenvalue weighted by atomic mass is 10.1. The van der Waals surface area contributed by atoms with Crippen LogP contribution in [0.15, 0.2) is 29.6 Å². The zero-order valence-electron chi connectivity index (χ0n) is 10.1. The van der Waals surface area contributed by atoms with Gasteiger partial charge in [0, 0.05) is 22.8 Å². The van der Waals surface area contributed by atoms with Gasteiger partial charge >= 0.3 is 0 Å². The molecule has 1 saturated carbocycles. The summed E-state index contributed by atoms with van der Waals surface area (Å²) >= 11 is 1.69. The second-order valence-corrected chi connectivity index (χ2v) is 5.83. The largest absolute Gasteiger partial charge is 0.350 e. The van der Waals surface area contributed by atoms with Crippen molar-refractivity contribution in [2.45, 2.75) is 18.9 Å². The average Bonchev–Trinajstić information content (AvgIpc) is 3.13. The molecule has 1 unspecified atom stereocenters. The minimum atomic E-state index is -0.0285. The predicted octanol–water partition coefficient (Wildman–Crippen LogP) is 2.37. The number of hydrogen-bond acceptors (Lipinski definition) is 3. The van der Waals surface area contributed by atoms with Gasteiger partial charge in [0.2, 0.25) is 0 Å². The van der Waals surface area contributed by atoms with E-state index < -0.39 is 0 Å². The molecule has 2 aromatic rings. The Balaban J connectivity index is 1.66. The van der Waals surface area contributed by atoms with Gasteiger partial charge in [0.1, 0.15) is 0 Å². The number of fused-ring (bicyclic) bond motifs is 1. The fraction of sp³-hybridized carbons (Fsp3) is 0.357. The third kappa shape index (κ3) is 2.40. The lowest BCUT2D eigenvalue weighted by Gasteiger charge is -2.11. The van der Waals surface area contributed by atoms with E-state index in [4.69, 9.17) is 5.73 Å². The summed E-state index contributed by atoms with van der Waals surface area (Å²) in [6.45, 7) is 0.575. The van der Waals surface area contributed by atoms with E-state index in [2.05, 4.69) is 5.32 Å². The zero-order chi connectivity index (χ0) is 12.5. The maximum Gasteiger partial charge on any atom is 0.251 e. The van der Waals surface area contributed by atoms with Gasteiger partial charge in [0.15, 0.2) is 0 Å². The van der Waals surface area contributed by atoms with E-state index in [0.29, 0.717) is 18.0 Å². The smallest absolute Gasteiger partial charge is 0.251 e. The second kappa shape index (κ2) is 4.71. The molecule has 0 saturated heterocycles. The molecular formula is C14H16N2OS. The number of benzene rings is 1. The standard InChI is InChI=1S/C14H16N2OS/c15-12(9-1-2-9)8-16-14(17)11-3-4-13-10(7-11)5-6-18-13/h3-7,9,12H,1-2,8,15H2,(H,16,17). The monoisotopic (exact) mass is 260 g/mol. The van der Waals surface area contributed by atoms with Gasteiger partial charge in [0.25, 0.3) is 5.91 Å². The molecule has 3 nitrogen and oxygen atoms in total. The quantitative estimate of drug-likeness (QED) is 0.886. The van der Waals surface area contributed by atoms with Crippen molar-refractivity contribution < 1.29 is 4.79 Å². The van der Waals surface area contributed by atoms with Gasteiger partial charge in [-0.2, -0.15) is 0 Å². The van der Waals surface area contributed by atoms with E-state index in [-0.39, 0.29) is 11.9 Å². The number of rotatable bonds is 4. The molecule has 1 aliphatic carbocycles. The van der Waals surface area contributed by atoms with Crippen LogP contribution < -0.4 is 11.1 Å². The van der Waals surface area contributed by atoms with Crippen molar-refractivity contribution in [1.82, 2.24) is 5.32 Å². The molecule has 1 atom stereocenters. The molecule has 0 radical (unpaired) electrons. The Morgan fingerprint density at radius 3 is 3.06 bits per heavy atom. The van der Waals surface area contributed by atoms with Gasteiger partial charge in [0.05, 0.1) is 0 Å². The first kappa shape index (κ1) is 11.7. The van der Waals surface area contributed by atoms with Crippen LogP contribution in [0.5, 0.6) is 0 Å². The Hall–Kier alpha value is -1.39. The SMILES string of the molecule is NC(CNC(=O)c1ccc2sccc2c1)C1CC1. The minimum absolute atomic E-state index is 0.0285. The molecule has 1 aliphatic rings. The molecule has 0 spiro atoms. The summed E-state index contributed by atoms with van der Waals surface area (Å²) in [5.41, 5.74) is 6.68. The van der Waals surface area contributed by atoms with Crippen molar-refractivity contribution in [2.24, 2.45) is 11.7 Å². The molecule has 1 amide bonds. The van der Waals surface area contributed by atoms with E-state index in [0.717, 1.165) is 5.39 Å². The average molecular weight is 260 g/mol. The van der Waals surface area contributed by atoms with Gasteiger partial charge in [-0.3, -0.25) is 4.79 Å². The van der Waals surface area contributed by atoms with Crippen molar-refractivity contribution in [3.8, 4) is 0 Å². The Bertz CT molecular complexity index is 574. The number of nitrogens with one attached hydrogen (secondary N) is 1. The molecule has 1 aromatic heterocycles. The van der Waals surface area contributed by atoms with E-state index in [9.17, 15) is 4.79 Å². The summed E-state index contributed by atoms with van der Waals surface area (Å²) in [4.78, 5) is 12.0. The fourth-order valence-corrected chi connectivity index (χ4v) is 2.88. The van der Waals surface area contributed by atoms with Gasteiger partial charge in [-0.05, 0) is 53.8 Å². The first-order chi connectivity index (χ1) is 8.74. The highest BCUT2D eigenvalue weighted by atomic mass is 32.1. The van der Waals surface area contributed by atoms with E-state index in [1.807, 2.05) is 29.6 Å². The minimum Gasteiger partial charge on any atom is -0.350 e. The van der Waals surface area contributed by atoms with Gasteiger partial charge in [-0.1, -0.05) is 0 Å². The molecule has 94 valence electrons. The highest BCUT2D eigenvalue weighted by Crippen LogP contribution is 2.31. The fourth-order valence-electron chi connectivity index (χ4n) is 2.11. The number of thiophene rings is 1. The summed E-state index contributed by atoms with van der Waals surface area (Å²) in [5, 5.41) is 6.08. The molecule has 1 aromatic carbocycles. The third-order valence-electron chi connectivity index (χ3n) is 3.44. The Morgan fingerprint density at radius 2 is 2.28 bits per heavy atom. The summed E-state index contributed by atoms with van der Waals surface area (Å²) in [6, 6.07) is 7.95. The Morgan fingerprint density at radius 1 is 1.44 bits per heavy atom. The number of amides is 1. The molecule has 0 aliphatic heterocycles. The molecular weight excluding hydrogens is 244 g/mol. The normalized spacial score (nSPS) is 16.7. The summed E-state index contributed by atoms with van der Waals surface area (Å²) in [7, 11) is 0. The van der Waals surface area contributed by atoms with Crippen LogP contribution in [-0.2, 0) is 0 Å². The van der Waals surface area contributed by atoms with Crippen LogP contribution in [0.3, 0.4) is 0 Å². The van der Waals surface area contributed by atoms with E-state index in [1.165, 1.54) is 17.5 Å². The third-order valence-corrected chi connectivity index (χ3v) is 4.34. The van der Waals surface area contributed by atoms with E-state index >= 15 is 0 Å². The summed E-state index contributed by atoms with van der Waals surface area (Å²) in [5.74, 6) is 0.587. The first-order valence-electron chi connectivity index (χ1n) is 6.25. The Kier molecular flexibility index (Phi) is 3.06. The summed E-state index contributed by atoms with van der Waals surface area (Å²) < 4.78 is 1.21. The lowest BCUT2D eigenvalue weighted by Crippen LogP contribution is -2.38. The highest BCUT2D eigenvalue weighted by molar-refractivity contribution is 7.17. The van der Waals surface area contributed by atoms with Crippen LogP contribution in [-0.4, -0.2) is 18.5 Å². The maximum absolute atomic E-state index is 12.0. The number of nitrogens with two attached hydrogens (primary N) is 1. The molecule has 1 fully saturated rings. The van der Waals surface area contributed by atoms with Crippen LogP contribution in [0.2, 0.25) is 0 Å². The van der Waals surface area contributed by atoms with Crippen molar-refractivity contribution in [2.75, 3.05) is 6.54 Å². The van der Waals surface area contributed by atoms with Crippen LogP contribution in [0.25, 0.3) is 10.1 Å². The summed E-state index contributed by atoms with van der Waals surface area (Å²) in [6.07, 6.45) is 2.41. The van der Waals surface area contributed by atoms with Crippen molar-refractivity contribution >= 4 is 27.3 Å². The van der Waals surface area contributed by atoms with E-state index in [1.54, 1.807) is 11.3 Å². The van der Waals surface area contributed by atoms with Crippen molar-refractivity contribution in [3.05, 3.63) is 35.2 Å². The molecule has 4 heteroatoms. The Labute approximate surface area is 110 Å². The van der Waals surface area contributed by atoms with Crippen LogP contribution in [0.4, 0.5) is 0 Å². The maximum atomic E-state index is 12.0. The van der Waals surface area contributed by atoms with Crippen LogP contribution >= 0.6 is 11.3 Å². The van der Waals surface area contributed by atoms with Crippen LogP contribution in [0, 0.1) is 5.92 Å². The second-order valence-electron chi connectivity index (χ2n) is 4.88. The lowest BCUT2D eigenvalue weighted by molar-refractivity contribution is 0.0950. The molecule has 3 rings (SSSR count). The number of hydrogen-bond donors (Lipinski definition) is 2. The first-order valence-corrected chi connectivity index (χ1v) is 7.13. The van der Waals surface area contributed by atoms with Crippen molar-refractivity contribution in [1.29, 1.82) is 0 Å². The number of carbonyl (C=O) groups is 1. The van der Waals surface area contributed by atoms with Crippen LogP contribution in [0.1, 0.15) is 23.2 Å². The molecule has 3 N–H and O–H groups in total. The zero-order valence-corrected chi connectivity index (χ0v) is 10.9. The highest BCUT2D eigenvalue weighted by Gasteiger charge is 2.28. The van der Waals surface area contributed by atoms with Gasteiger partial charge in [-0.25, -0.2) is 0 Å². The molecule has 0 bridgehead atoms. The molecule has 18 heavy (non-hydrogen) atoms. The number of carbonyl (C=O) groups excluding carboxylic acids is 1.